The minimum atomic E-state index is -0.620. The maximum absolute atomic E-state index is 12.7. The Morgan fingerprint density at radius 3 is 2.65 bits per heavy atom. The number of ether oxygens (including phenoxy) is 3. The molecule has 0 aliphatic carbocycles. The van der Waals surface area contributed by atoms with Crippen molar-refractivity contribution >= 4 is 46.2 Å². The molecule has 0 spiro atoms. The number of nitrogens with zero attached hydrogens (tertiary/aromatic N) is 1. The van der Waals surface area contributed by atoms with E-state index < -0.39 is 17.9 Å². The summed E-state index contributed by atoms with van der Waals surface area (Å²) in [7, 11) is 0. The summed E-state index contributed by atoms with van der Waals surface area (Å²) in [5.74, 6) is 0.0905. The van der Waals surface area contributed by atoms with Crippen molar-refractivity contribution in [1.29, 1.82) is 0 Å². The first-order chi connectivity index (χ1) is 19.4. The number of hydrogen-bond acceptors (Lipinski definition) is 7. The Balaban J connectivity index is 1.49. The van der Waals surface area contributed by atoms with Gasteiger partial charge < -0.3 is 24.8 Å². The Hall–Kier alpha value is -4.70. The van der Waals surface area contributed by atoms with E-state index in [0.29, 0.717) is 40.1 Å². The van der Waals surface area contributed by atoms with E-state index >= 15 is 0 Å². The van der Waals surface area contributed by atoms with Crippen molar-refractivity contribution < 1.29 is 23.8 Å². The van der Waals surface area contributed by atoms with Crippen LogP contribution >= 0.6 is 12.2 Å². The van der Waals surface area contributed by atoms with Crippen LogP contribution in [0.4, 0.5) is 0 Å². The molecule has 4 rings (SSSR count). The van der Waals surface area contributed by atoms with Gasteiger partial charge in [0.1, 0.15) is 18.1 Å². The molecule has 0 aromatic heterocycles. The highest BCUT2D eigenvalue weighted by Crippen LogP contribution is 2.33. The molecule has 0 bridgehead atoms. The predicted octanol–water partition coefficient (Wildman–Crippen LogP) is 4.29. The number of hydrazone groups is 1. The number of thiocarbonyl (C=S) groups is 1. The van der Waals surface area contributed by atoms with E-state index in [9.17, 15) is 9.59 Å². The molecule has 1 atom stereocenters. The van der Waals surface area contributed by atoms with Gasteiger partial charge in [-0.25, -0.2) is 10.2 Å². The zero-order valence-corrected chi connectivity index (χ0v) is 23.0. The van der Waals surface area contributed by atoms with Crippen molar-refractivity contribution in [3.63, 3.8) is 0 Å². The van der Waals surface area contributed by atoms with Crippen molar-refractivity contribution in [2.75, 3.05) is 19.8 Å². The van der Waals surface area contributed by atoms with Crippen molar-refractivity contribution in [3.05, 3.63) is 95.7 Å². The maximum Gasteiger partial charge on any atom is 0.338 e. The number of fused-ring (bicyclic) bond motifs is 1. The van der Waals surface area contributed by atoms with Gasteiger partial charge in [0.2, 0.25) is 0 Å². The first kappa shape index (κ1) is 28.3. The van der Waals surface area contributed by atoms with Gasteiger partial charge >= 0.3 is 5.97 Å². The molecule has 1 heterocycles. The molecule has 0 fully saturated rings. The molecule has 0 radical (unpaired) electrons. The highest BCUT2D eigenvalue weighted by molar-refractivity contribution is 7.80. The van der Waals surface area contributed by atoms with Gasteiger partial charge in [-0.3, -0.25) is 4.79 Å². The summed E-state index contributed by atoms with van der Waals surface area (Å²) in [6, 6.07) is 18.1. The van der Waals surface area contributed by atoms with Gasteiger partial charge in [0.15, 0.2) is 11.7 Å². The van der Waals surface area contributed by atoms with Gasteiger partial charge in [-0.05, 0) is 49.0 Å². The summed E-state index contributed by atoms with van der Waals surface area (Å²) in [5.41, 5.74) is 4.83. The molecule has 40 heavy (non-hydrogen) atoms. The average molecular weight is 559 g/mol. The summed E-state index contributed by atoms with van der Waals surface area (Å²) < 4.78 is 16.9. The van der Waals surface area contributed by atoms with Crippen LogP contribution in [0, 0.1) is 0 Å². The first-order valence-corrected chi connectivity index (χ1v) is 13.1. The van der Waals surface area contributed by atoms with E-state index in [1.54, 1.807) is 44.3 Å². The predicted molar refractivity (Wildman–Crippen MR) is 158 cm³/mol. The van der Waals surface area contributed by atoms with E-state index in [2.05, 4.69) is 27.7 Å². The number of allylic oxidation sites excluding steroid dienone is 1. The summed E-state index contributed by atoms with van der Waals surface area (Å²) in [4.78, 5) is 25.4. The highest BCUT2D eigenvalue weighted by Gasteiger charge is 2.32. The van der Waals surface area contributed by atoms with Crippen molar-refractivity contribution in [3.8, 4) is 11.5 Å². The molecule has 3 N–H and O–H groups in total. The van der Waals surface area contributed by atoms with Crippen LogP contribution in [0.15, 0.2) is 89.7 Å². The monoisotopic (exact) mass is 558 g/mol. The molecular weight excluding hydrogens is 528 g/mol. The average Bonchev–Trinajstić information content (AvgIpc) is 2.95. The summed E-state index contributed by atoms with van der Waals surface area (Å²) in [5, 5.41) is 12.5. The fourth-order valence-corrected chi connectivity index (χ4v) is 4.56. The number of para-hydroxylation sites is 1. The molecule has 0 saturated heterocycles. The fourth-order valence-electron chi connectivity index (χ4n) is 4.28. The molecular formula is C30H30N4O5S. The van der Waals surface area contributed by atoms with Crippen LogP contribution in [0.1, 0.15) is 31.0 Å². The van der Waals surface area contributed by atoms with E-state index in [4.69, 9.17) is 26.4 Å². The minimum Gasteiger partial charge on any atom is -0.489 e. The Bertz CT molecular complexity index is 1500. The normalized spacial score (nSPS) is 14.8. The van der Waals surface area contributed by atoms with Crippen LogP contribution < -0.4 is 25.5 Å². The molecule has 3 aromatic carbocycles. The van der Waals surface area contributed by atoms with Crippen molar-refractivity contribution in [2.45, 2.75) is 19.9 Å². The molecule has 0 unspecified atom stereocenters. The number of carbonyl (C=O) groups is 2. The third-order valence-electron chi connectivity index (χ3n) is 6.02. The smallest absolute Gasteiger partial charge is 0.338 e. The summed E-state index contributed by atoms with van der Waals surface area (Å²) in [6.07, 6.45) is 3.21. The Kier molecular flexibility index (Phi) is 9.48. The van der Waals surface area contributed by atoms with Crippen LogP contribution in [-0.4, -0.2) is 43.0 Å². The van der Waals surface area contributed by atoms with Gasteiger partial charge in [0.25, 0.3) is 5.91 Å². The molecule has 1 aliphatic rings. The molecule has 1 aliphatic heterocycles. The van der Waals surface area contributed by atoms with Crippen molar-refractivity contribution in [1.82, 2.24) is 16.1 Å². The quantitative estimate of drug-likeness (QED) is 0.105. The largest absolute Gasteiger partial charge is 0.489 e. The van der Waals surface area contributed by atoms with Crippen LogP contribution in [0.3, 0.4) is 0 Å². The van der Waals surface area contributed by atoms with Crippen LogP contribution in [-0.2, 0) is 14.3 Å². The van der Waals surface area contributed by atoms with E-state index in [-0.39, 0.29) is 13.2 Å². The van der Waals surface area contributed by atoms with E-state index in [0.717, 1.165) is 16.3 Å². The lowest BCUT2D eigenvalue weighted by Gasteiger charge is -2.30. The summed E-state index contributed by atoms with van der Waals surface area (Å²) >= 11 is 5.32. The number of rotatable bonds is 11. The molecule has 1 amide bonds. The Morgan fingerprint density at radius 2 is 1.85 bits per heavy atom. The molecule has 3 aromatic rings. The second-order valence-electron chi connectivity index (χ2n) is 8.71. The molecule has 0 saturated carbocycles. The van der Waals surface area contributed by atoms with Gasteiger partial charge in [0.05, 0.1) is 24.4 Å². The lowest BCUT2D eigenvalue weighted by molar-refractivity contribution is -0.139. The number of carbonyl (C=O) groups excluding carboxylic acids is 2. The van der Waals surface area contributed by atoms with E-state index in [1.165, 1.54) is 0 Å². The molecule has 10 heteroatoms. The third-order valence-corrected chi connectivity index (χ3v) is 6.24. The molecule has 9 nitrogen and oxygen atoms in total. The van der Waals surface area contributed by atoms with E-state index in [1.807, 2.05) is 42.5 Å². The number of amides is 1. The SMILES string of the molecule is C=CCOc1ccc2ccccc2c1C=NNC(=O)COc1ccccc1[C@H]1NC(=S)NC(C)=C1C(=O)OCC. The van der Waals surface area contributed by atoms with Gasteiger partial charge in [0, 0.05) is 16.8 Å². The number of esters is 1. The fraction of sp³-hybridized carbons (Fsp3) is 0.200. The lowest BCUT2D eigenvalue weighted by Crippen LogP contribution is -2.45. The van der Waals surface area contributed by atoms with Gasteiger partial charge in [-0.15, -0.1) is 0 Å². The van der Waals surface area contributed by atoms with Gasteiger partial charge in [-0.2, -0.15) is 5.10 Å². The Morgan fingerprint density at radius 1 is 1.07 bits per heavy atom. The molecule has 206 valence electrons. The first-order valence-electron chi connectivity index (χ1n) is 12.7. The van der Waals surface area contributed by atoms with Gasteiger partial charge in [-0.1, -0.05) is 61.2 Å². The number of nitrogens with one attached hydrogen (secondary N) is 3. The topological polar surface area (TPSA) is 110 Å². The summed E-state index contributed by atoms with van der Waals surface area (Å²) in [6.45, 7) is 7.45. The number of hydrogen-bond donors (Lipinski definition) is 3. The highest BCUT2D eigenvalue weighted by atomic mass is 32.1. The third kappa shape index (κ3) is 6.65. The number of benzene rings is 3. The zero-order chi connectivity index (χ0) is 28.5. The van der Waals surface area contributed by atoms with Crippen LogP contribution in [0.25, 0.3) is 10.8 Å². The van der Waals surface area contributed by atoms with Crippen LogP contribution in [0.5, 0.6) is 11.5 Å². The van der Waals surface area contributed by atoms with Crippen LogP contribution in [0.2, 0.25) is 0 Å². The zero-order valence-electron chi connectivity index (χ0n) is 22.2. The maximum atomic E-state index is 12.7. The second kappa shape index (κ2) is 13.4. The standard InChI is InChI=1S/C30H30N4O5S/c1-4-16-38-25-15-14-20-10-6-7-11-21(20)23(25)17-31-34-26(35)18-39-24-13-9-8-12-22(24)28-27(29(36)37-5-2)19(3)32-30(40)33-28/h4,6-15,17,28H,1,5,16,18H2,2-3H3,(H,34,35)(H2,32,33,40)/t28-/m1/s1. The second-order valence-corrected chi connectivity index (χ2v) is 9.12. The minimum absolute atomic E-state index is 0.228. The van der Waals surface area contributed by atoms with Crippen molar-refractivity contribution in [2.24, 2.45) is 5.10 Å². The lowest BCUT2D eigenvalue weighted by atomic mass is 9.95. The Labute approximate surface area is 237 Å².